The lowest BCUT2D eigenvalue weighted by Crippen LogP contribution is -2.05. The Hall–Kier alpha value is -1.34. The number of aliphatic hydroxyl groups excluding tert-OH is 1. The minimum Gasteiger partial charge on any atom is -0.384 e. The van der Waals surface area contributed by atoms with Crippen LogP contribution in [0.5, 0.6) is 0 Å². The second-order valence-corrected chi connectivity index (χ2v) is 4.21. The van der Waals surface area contributed by atoms with E-state index in [0.717, 1.165) is 23.1 Å². The van der Waals surface area contributed by atoms with Gasteiger partial charge in [0.2, 0.25) is 0 Å². The fourth-order valence-corrected chi connectivity index (χ4v) is 2.02. The molecule has 0 saturated heterocycles. The molecule has 1 N–H and O–H groups in total. The number of aliphatic hydroxyl groups is 1. The van der Waals surface area contributed by atoms with Crippen molar-refractivity contribution in [1.82, 2.24) is 0 Å². The Morgan fingerprint density at radius 3 is 2.88 bits per heavy atom. The number of benzene rings is 1. The van der Waals surface area contributed by atoms with Crippen LogP contribution < -0.4 is 0 Å². The van der Waals surface area contributed by atoms with E-state index in [1.807, 2.05) is 30.3 Å². The van der Waals surface area contributed by atoms with Crippen LogP contribution in [0.15, 0.2) is 42.0 Å². The van der Waals surface area contributed by atoms with Gasteiger partial charge in [-0.3, -0.25) is 0 Å². The first-order valence-corrected chi connectivity index (χ1v) is 5.98. The zero-order valence-corrected chi connectivity index (χ0v) is 9.69. The van der Waals surface area contributed by atoms with Gasteiger partial charge in [-0.25, -0.2) is 0 Å². The predicted molar refractivity (Wildman–Crippen MR) is 68.0 cm³/mol. The summed E-state index contributed by atoms with van der Waals surface area (Å²) >= 11 is 0. The molecule has 0 radical (unpaired) electrons. The average Bonchev–Trinajstić information content (AvgIpc) is 2.33. The van der Waals surface area contributed by atoms with Gasteiger partial charge in [-0.15, -0.1) is 0 Å². The normalized spacial score (nSPS) is 21.1. The van der Waals surface area contributed by atoms with Crippen molar-refractivity contribution in [1.29, 1.82) is 0 Å². The summed E-state index contributed by atoms with van der Waals surface area (Å²) in [5, 5.41) is 10.2. The van der Waals surface area contributed by atoms with Crippen LogP contribution in [0.4, 0.5) is 0 Å². The summed E-state index contributed by atoms with van der Waals surface area (Å²) in [5.74, 6) is 0. The molecule has 1 unspecified atom stereocenters. The summed E-state index contributed by atoms with van der Waals surface area (Å²) < 4.78 is 0. The lowest BCUT2D eigenvalue weighted by molar-refractivity contribution is 0.218. The summed E-state index contributed by atoms with van der Waals surface area (Å²) in [6, 6.07) is 8.02. The highest BCUT2D eigenvalue weighted by atomic mass is 16.3. The third-order valence-corrected chi connectivity index (χ3v) is 3.00. The van der Waals surface area contributed by atoms with E-state index in [9.17, 15) is 5.11 Å². The fourth-order valence-electron chi connectivity index (χ4n) is 2.02. The standard InChI is InChI=1S/C15H18O/c1-2-3-4-8-13-11-10-12-7-5-6-9-14(12)15(13)16/h5-11,15-16H,2-4H2,1H3/b13-8+. The van der Waals surface area contributed by atoms with E-state index in [2.05, 4.69) is 19.1 Å². The van der Waals surface area contributed by atoms with Crippen LogP contribution in [-0.2, 0) is 0 Å². The maximum Gasteiger partial charge on any atom is 0.104 e. The van der Waals surface area contributed by atoms with Crippen molar-refractivity contribution in [3.05, 3.63) is 53.1 Å². The van der Waals surface area contributed by atoms with Crippen molar-refractivity contribution >= 4 is 6.08 Å². The van der Waals surface area contributed by atoms with Crippen molar-refractivity contribution < 1.29 is 5.11 Å². The summed E-state index contributed by atoms with van der Waals surface area (Å²) in [7, 11) is 0. The van der Waals surface area contributed by atoms with Crippen LogP contribution in [0.3, 0.4) is 0 Å². The topological polar surface area (TPSA) is 20.2 Å². The molecular weight excluding hydrogens is 196 g/mol. The van der Waals surface area contributed by atoms with Gasteiger partial charge in [-0.05, 0) is 23.1 Å². The molecule has 0 heterocycles. The molecule has 0 aliphatic heterocycles. The zero-order valence-electron chi connectivity index (χ0n) is 9.69. The molecule has 0 bridgehead atoms. The molecule has 84 valence electrons. The van der Waals surface area contributed by atoms with Crippen molar-refractivity contribution in [2.75, 3.05) is 0 Å². The van der Waals surface area contributed by atoms with Crippen molar-refractivity contribution in [2.45, 2.75) is 32.3 Å². The molecule has 0 saturated carbocycles. The SMILES string of the molecule is CCCC/C=C1\C=Cc2ccccc2C1O. The maximum atomic E-state index is 10.2. The highest BCUT2D eigenvalue weighted by Crippen LogP contribution is 2.31. The molecule has 1 aliphatic carbocycles. The number of hydrogen-bond donors (Lipinski definition) is 1. The van der Waals surface area contributed by atoms with E-state index in [1.165, 1.54) is 12.8 Å². The first-order chi connectivity index (χ1) is 7.83. The predicted octanol–water partition coefficient (Wildman–Crippen LogP) is 3.86. The second kappa shape index (κ2) is 5.13. The molecule has 0 fully saturated rings. The fraction of sp³-hybridized carbons (Fsp3) is 0.333. The Morgan fingerprint density at radius 2 is 2.06 bits per heavy atom. The smallest absolute Gasteiger partial charge is 0.104 e. The molecule has 0 spiro atoms. The molecule has 1 atom stereocenters. The number of hydrogen-bond acceptors (Lipinski definition) is 1. The molecule has 0 aromatic heterocycles. The quantitative estimate of drug-likeness (QED) is 0.757. The summed E-state index contributed by atoms with van der Waals surface area (Å²) in [6.07, 6.45) is 9.25. The molecule has 16 heavy (non-hydrogen) atoms. The van der Waals surface area contributed by atoms with Crippen LogP contribution >= 0.6 is 0 Å². The van der Waals surface area contributed by atoms with Gasteiger partial charge in [0, 0.05) is 0 Å². The minimum absolute atomic E-state index is 0.446. The Balaban J connectivity index is 2.21. The summed E-state index contributed by atoms with van der Waals surface area (Å²) in [6.45, 7) is 2.18. The Kier molecular flexibility index (Phi) is 3.58. The number of fused-ring (bicyclic) bond motifs is 1. The van der Waals surface area contributed by atoms with Gasteiger partial charge >= 0.3 is 0 Å². The Morgan fingerprint density at radius 1 is 1.25 bits per heavy atom. The van der Waals surface area contributed by atoms with Crippen molar-refractivity contribution in [3.63, 3.8) is 0 Å². The van der Waals surface area contributed by atoms with E-state index < -0.39 is 6.10 Å². The van der Waals surface area contributed by atoms with Gasteiger partial charge in [0.05, 0.1) is 0 Å². The van der Waals surface area contributed by atoms with Gasteiger partial charge in [-0.2, -0.15) is 0 Å². The lowest BCUT2D eigenvalue weighted by Gasteiger charge is -2.19. The van der Waals surface area contributed by atoms with Crippen LogP contribution in [0.2, 0.25) is 0 Å². The minimum atomic E-state index is -0.446. The monoisotopic (exact) mass is 214 g/mol. The molecule has 1 heteroatoms. The summed E-state index contributed by atoms with van der Waals surface area (Å²) in [5.41, 5.74) is 3.18. The highest BCUT2D eigenvalue weighted by Gasteiger charge is 2.17. The van der Waals surface area contributed by atoms with E-state index in [1.54, 1.807) is 0 Å². The van der Waals surface area contributed by atoms with Gasteiger partial charge in [0.15, 0.2) is 0 Å². The molecule has 2 rings (SSSR count). The first-order valence-electron chi connectivity index (χ1n) is 5.98. The van der Waals surface area contributed by atoms with Crippen LogP contribution in [-0.4, -0.2) is 5.11 Å². The first kappa shape index (κ1) is 11.2. The zero-order chi connectivity index (χ0) is 11.4. The van der Waals surface area contributed by atoms with Gasteiger partial charge < -0.3 is 5.11 Å². The second-order valence-electron chi connectivity index (χ2n) is 4.21. The third-order valence-electron chi connectivity index (χ3n) is 3.00. The Labute approximate surface area is 97.1 Å². The van der Waals surface area contributed by atoms with E-state index in [0.29, 0.717) is 0 Å². The van der Waals surface area contributed by atoms with Gasteiger partial charge in [-0.1, -0.05) is 62.3 Å². The molecule has 1 nitrogen and oxygen atoms in total. The van der Waals surface area contributed by atoms with Crippen LogP contribution in [0, 0.1) is 0 Å². The van der Waals surface area contributed by atoms with Crippen LogP contribution in [0.1, 0.15) is 43.4 Å². The lowest BCUT2D eigenvalue weighted by atomic mass is 9.90. The number of allylic oxidation sites excluding steroid dienone is 1. The van der Waals surface area contributed by atoms with Crippen molar-refractivity contribution in [2.24, 2.45) is 0 Å². The van der Waals surface area contributed by atoms with E-state index >= 15 is 0 Å². The van der Waals surface area contributed by atoms with E-state index in [-0.39, 0.29) is 0 Å². The maximum absolute atomic E-state index is 10.2. The van der Waals surface area contributed by atoms with Crippen LogP contribution in [0.25, 0.3) is 6.08 Å². The molecule has 0 amide bonds. The molecule has 1 aromatic carbocycles. The largest absolute Gasteiger partial charge is 0.384 e. The molecule has 1 aliphatic rings. The molecular formula is C15H18O. The van der Waals surface area contributed by atoms with Gasteiger partial charge in [0.1, 0.15) is 6.10 Å². The number of unbranched alkanes of at least 4 members (excludes halogenated alkanes) is 2. The van der Waals surface area contributed by atoms with E-state index in [4.69, 9.17) is 0 Å². The number of rotatable bonds is 3. The van der Waals surface area contributed by atoms with Gasteiger partial charge in [0.25, 0.3) is 0 Å². The highest BCUT2D eigenvalue weighted by molar-refractivity contribution is 5.63. The Bertz CT molecular complexity index is 415. The third kappa shape index (κ3) is 2.25. The average molecular weight is 214 g/mol. The van der Waals surface area contributed by atoms with Crippen molar-refractivity contribution in [3.8, 4) is 0 Å². The summed E-state index contributed by atoms with van der Waals surface area (Å²) in [4.78, 5) is 0. The molecule has 1 aromatic rings.